The van der Waals surface area contributed by atoms with Crippen LogP contribution in [0.1, 0.15) is 22.0 Å². The summed E-state index contributed by atoms with van der Waals surface area (Å²) in [6.07, 6.45) is -1.03. The molecule has 2 aliphatic rings. The summed E-state index contributed by atoms with van der Waals surface area (Å²) in [5, 5.41) is 1.60. The maximum atomic E-state index is 13.9. The Balaban J connectivity index is 1.37. The van der Waals surface area contributed by atoms with E-state index in [4.69, 9.17) is 19.0 Å². The minimum Gasteiger partial charge on any atom is -0.497 e. The van der Waals surface area contributed by atoms with Crippen LogP contribution >= 0.6 is 0 Å². The van der Waals surface area contributed by atoms with E-state index in [-0.39, 0.29) is 11.7 Å². The highest BCUT2D eigenvalue weighted by Crippen LogP contribution is 2.48. The third-order valence-corrected chi connectivity index (χ3v) is 7.20. The van der Waals surface area contributed by atoms with Gasteiger partial charge >= 0.3 is 5.97 Å². The van der Waals surface area contributed by atoms with Crippen LogP contribution in [-0.2, 0) is 14.4 Å². The Morgan fingerprint density at radius 3 is 2.07 bits per heavy atom. The molecule has 0 aromatic heterocycles. The minimum absolute atomic E-state index is 0.223. The maximum Gasteiger partial charge on any atom is 0.343 e. The van der Waals surface area contributed by atoms with E-state index >= 15 is 0 Å². The van der Waals surface area contributed by atoms with E-state index in [0.717, 1.165) is 4.90 Å². The van der Waals surface area contributed by atoms with Crippen LogP contribution in [0.4, 0.5) is 11.4 Å². The molecule has 9 heteroatoms. The Morgan fingerprint density at radius 1 is 0.732 bits per heavy atom. The number of rotatable bonds is 7. The van der Waals surface area contributed by atoms with Gasteiger partial charge in [-0.3, -0.25) is 14.4 Å². The number of ether oxygens (including phenoxy) is 3. The predicted octanol–water partition coefficient (Wildman–Crippen LogP) is 4.97. The largest absolute Gasteiger partial charge is 0.497 e. The summed E-state index contributed by atoms with van der Waals surface area (Å²) in [6.45, 7) is 0. The van der Waals surface area contributed by atoms with E-state index in [1.54, 1.807) is 78.9 Å². The van der Waals surface area contributed by atoms with Gasteiger partial charge in [-0.2, -0.15) is 0 Å². The topological polar surface area (TPSA) is 94.6 Å². The Morgan fingerprint density at radius 2 is 1.41 bits per heavy atom. The number of amides is 2. The number of benzene rings is 4. The molecule has 2 amide bonds. The molecule has 2 saturated heterocycles. The first-order valence-corrected chi connectivity index (χ1v) is 13.0. The number of anilines is 2. The number of imide groups is 1. The highest BCUT2D eigenvalue weighted by atomic mass is 16.7. The van der Waals surface area contributed by atoms with Crippen molar-refractivity contribution in [2.24, 2.45) is 5.92 Å². The standard InChI is InChI=1S/C32H26N2O7/c1-38-24-16-14-22(15-17-24)33-30(35)27-28(34(41-29(27)31(33)36)23-11-7-4-8-12-23)21-13-18-25(26(19-21)39-2)40-32(37)20-9-5-3-6-10-20/h3-19,27-29H,1-2H3/t27-,28+,29+/m0/s1. The van der Waals surface area contributed by atoms with Crippen LogP contribution in [0.25, 0.3) is 0 Å². The van der Waals surface area contributed by atoms with Gasteiger partial charge < -0.3 is 14.2 Å². The number of hydrogen-bond donors (Lipinski definition) is 0. The molecule has 9 nitrogen and oxygen atoms in total. The molecule has 2 heterocycles. The van der Waals surface area contributed by atoms with Crippen molar-refractivity contribution in [1.82, 2.24) is 0 Å². The minimum atomic E-state index is -1.03. The van der Waals surface area contributed by atoms with Crippen LogP contribution in [0.15, 0.2) is 103 Å². The summed E-state index contributed by atoms with van der Waals surface area (Å²) in [5.74, 6) is -1.07. The summed E-state index contributed by atoms with van der Waals surface area (Å²) >= 11 is 0. The predicted molar refractivity (Wildman–Crippen MR) is 150 cm³/mol. The molecule has 0 aliphatic carbocycles. The van der Waals surface area contributed by atoms with Gasteiger partial charge in [0, 0.05) is 0 Å². The van der Waals surface area contributed by atoms with Gasteiger partial charge in [-0.25, -0.2) is 14.8 Å². The van der Waals surface area contributed by atoms with Gasteiger partial charge in [-0.05, 0) is 66.2 Å². The number of hydrogen-bond acceptors (Lipinski definition) is 8. The van der Waals surface area contributed by atoms with Crippen LogP contribution < -0.4 is 24.2 Å². The lowest BCUT2D eigenvalue weighted by atomic mass is 9.90. The van der Waals surface area contributed by atoms with Crippen molar-refractivity contribution in [3.05, 3.63) is 114 Å². The second-order valence-electron chi connectivity index (χ2n) is 9.53. The molecule has 0 saturated carbocycles. The molecule has 4 aromatic carbocycles. The van der Waals surface area contributed by atoms with Crippen LogP contribution in [0.3, 0.4) is 0 Å². The lowest BCUT2D eigenvalue weighted by molar-refractivity contribution is -0.126. The highest BCUT2D eigenvalue weighted by Gasteiger charge is 2.60. The van der Waals surface area contributed by atoms with Gasteiger partial charge in [-0.15, -0.1) is 0 Å². The van der Waals surface area contributed by atoms with E-state index in [1.165, 1.54) is 7.11 Å². The van der Waals surface area contributed by atoms with Crippen molar-refractivity contribution < 1.29 is 33.4 Å². The fraction of sp³-hybridized carbons (Fsp3) is 0.156. The van der Waals surface area contributed by atoms with Crippen molar-refractivity contribution in [3.63, 3.8) is 0 Å². The molecular formula is C32H26N2O7. The average Bonchev–Trinajstić information content (AvgIpc) is 3.53. The number of methoxy groups -OCH3 is 2. The lowest BCUT2D eigenvalue weighted by Gasteiger charge is -2.29. The number of hydroxylamine groups is 1. The summed E-state index contributed by atoms with van der Waals surface area (Å²) in [7, 11) is 3.02. The zero-order chi connectivity index (χ0) is 28.5. The normalized spacial score (nSPS) is 19.7. The molecule has 2 fully saturated rings. The number of fused-ring (bicyclic) bond motifs is 1. The quantitative estimate of drug-likeness (QED) is 0.181. The fourth-order valence-electron chi connectivity index (χ4n) is 5.22. The second kappa shape index (κ2) is 10.8. The van der Waals surface area contributed by atoms with Gasteiger partial charge in [0.1, 0.15) is 11.7 Å². The molecule has 4 aromatic rings. The molecule has 0 radical (unpaired) electrons. The third-order valence-electron chi connectivity index (χ3n) is 7.20. The Bertz CT molecular complexity index is 1590. The smallest absolute Gasteiger partial charge is 0.343 e. The van der Waals surface area contributed by atoms with Crippen molar-refractivity contribution >= 4 is 29.2 Å². The van der Waals surface area contributed by atoms with Crippen molar-refractivity contribution in [2.75, 3.05) is 24.2 Å². The van der Waals surface area contributed by atoms with Crippen LogP contribution in [-0.4, -0.2) is 38.1 Å². The van der Waals surface area contributed by atoms with Gasteiger partial charge in [0.05, 0.1) is 37.2 Å². The average molecular weight is 551 g/mol. The van der Waals surface area contributed by atoms with Gasteiger partial charge in [0.15, 0.2) is 17.6 Å². The molecule has 41 heavy (non-hydrogen) atoms. The van der Waals surface area contributed by atoms with Gasteiger partial charge in [-0.1, -0.05) is 42.5 Å². The summed E-state index contributed by atoms with van der Waals surface area (Å²) < 4.78 is 16.4. The molecular weight excluding hydrogens is 524 g/mol. The fourth-order valence-corrected chi connectivity index (χ4v) is 5.22. The number of carbonyl (C=O) groups excluding carboxylic acids is 3. The zero-order valence-electron chi connectivity index (χ0n) is 22.3. The monoisotopic (exact) mass is 550 g/mol. The molecule has 0 bridgehead atoms. The third kappa shape index (κ3) is 4.66. The SMILES string of the molecule is COc1ccc(N2C(=O)[C@H]3[C@@H](c4ccc(OC(=O)c5ccccc5)c(OC)c4)N(c4ccccc4)O[C@H]3C2=O)cc1. The van der Waals surface area contributed by atoms with E-state index in [0.29, 0.717) is 34.0 Å². The van der Waals surface area contributed by atoms with E-state index in [1.807, 2.05) is 36.4 Å². The zero-order valence-corrected chi connectivity index (χ0v) is 22.3. The molecule has 3 atom stereocenters. The van der Waals surface area contributed by atoms with Crippen LogP contribution in [0.5, 0.6) is 17.2 Å². The maximum absolute atomic E-state index is 13.9. The number of nitrogens with zero attached hydrogens (tertiary/aromatic N) is 2. The van der Waals surface area contributed by atoms with Gasteiger partial charge in [0.25, 0.3) is 5.91 Å². The highest BCUT2D eigenvalue weighted by molar-refractivity contribution is 6.24. The Kier molecular flexibility index (Phi) is 6.86. The second-order valence-corrected chi connectivity index (χ2v) is 9.53. The van der Waals surface area contributed by atoms with E-state index in [2.05, 4.69) is 0 Å². The first-order valence-electron chi connectivity index (χ1n) is 13.0. The summed E-state index contributed by atoms with van der Waals surface area (Å²) in [4.78, 5) is 47.6. The molecule has 206 valence electrons. The number of esters is 1. The van der Waals surface area contributed by atoms with Crippen molar-refractivity contribution in [1.29, 1.82) is 0 Å². The van der Waals surface area contributed by atoms with E-state index < -0.39 is 29.9 Å². The summed E-state index contributed by atoms with van der Waals surface area (Å²) in [6, 6.07) is 29.0. The molecule has 0 N–H and O–H groups in total. The first kappa shape index (κ1) is 26.1. The van der Waals surface area contributed by atoms with Gasteiger partial charge in [0.2, 0.25) is 5.91 Å². The van der Waals surface area contributed by atoms with Crippen LogP contribution in [0.2, 0.25) is 0 Å². The lowest BCUT2D eigenvalue weighted by Crippen LogP contribution is -2.37. The number of carbonyl (C=O) groups is 3. The molecule has 0 unspecified atom stereocenters. The summed E-state index contributed by atoms with van der Waals surface area (Å²) in [5.41, 5.74) is 2.16. The van der Waals surface area contributed by atoms with Crippen LogP contribution in [0, 0.1) is 5.92 Å². The number of para-hydroxylation sites is 1. The molecule has 6 rings (SSSR count). The van der Waals surface area contributed by atoms with E-state index in [9.17, 15) is 14.4 Å². The van der Waals surface area contributed by atoms with Crippen molar-refractivity contribution in [2.45, 2.75) is 12.1 Å². The van der Waals surface area contributed by atoms with Crippen molar-refractivity contribution in [3.8, 4) is 17.2 Å². The Hall–Kier alpha value is -5.15. The molecule has 2 aliphatic heterocycles. The molecule has 0 spiro atoms. The first-order chi connectivity index (χ1) is 20.0. The Labute approximate surface area is 236 Å².